The van der Waals surface area contributed by atoms with Gasteiger partial charge in [0.2, 0.25) is 5.91 Å². The van der Waals surface area contributed by atoms with E-state index in [9.17, 15) is 4.79 Å². The number of aryl methyl sites for hydroxylation is 1. The maximum atomic E-state index is 12.0. The normalized spacial score (nSPS) is 10.7. The molecule has 0 aliphatic heterocycles. The summed E-state index contributed by atoms with van der Waals surface area (Å²) in [6, 6.07) is 13.1. The molecular formula is C20H18Cl2N4OS. The first kappa shape index (κ1) is 20.5. The van der Waals surface area contributed by atoms with Crippen molar-refractivity contribution in [2.75, 3.05) is 12.3 Å². The maximum absolute atomic E-state index is 12.0. The van der Waals surface area contributed by atoms with Gasteiger partial charge in [0.15, 0.2) is 11.0 Å². The average Bonchev–Trinajstić information content (AvgIpc) is 3.08. The first-order chi connectivity index (χ1) is 13.5. The molecule has 0 atom stereocenters. The quantitative estimate of drug-likeness (QED) is 0.424. The summed E-state index contributed by atoms with van der Waals surface area (Å²) in [5.74, 6) is 0.701. The predicted molar refractivity (Wildman–Crippen MR) is 115 cm³/mol. The summed E-state index contributed by atoms with van der Waals surface area (Å²) in [5.41, 5.74) is 2.68. The highest BCUT2D eigenvalue weighted by Crippen LogP contribution is 2.34. The number of carbonyl (C=O) groups excluding carboxylic acids is 1. The van der Waals surface area contributed by atoms with E-state index in [0.29, 0.717) is 33.1 Å². The Morgan fingerprint density at radius 3 is 2.75 bits per heavy atom. The van der Waals surface area contributed by atoms with Crippen LogP contribution >= 0.6 is 35.0 Å². The molecule has 3 rings (SSSR count). The zero-order valence-electron chi connectivity index (χ0n) is 15.2. The van der Waals surface area contributed by atoms with Crippen LogP contribution in [0.2, 0.25) is 10.0 Å². The lowest BCUT2D eigenvalue weighted by Gasteiger charge is -2.13. The lowest BCUT2D eigenvalue weighted by atomic mass is 10.1. The van der Waals surface area contributed by atoms with Crippen LogP contribution in [0, 0.1) is 6.92 Å². The van der Waals surface area contributed by atoms with Crippen LogP contribution in [0.1, 0.15) is 5.56 Å². The maximum Gasteiger partial charge on any atom is 0.230 e. The van der Waals surface area contributed by atoms with Gasteiger partial charge >= 0.3 is 0 Å². The van der Waals surface area contributed by atoms with E-state index >= 15 is 0 Å². The van der Waals surface area contributed by atoms with Crippen molar-refractivity contribution in [3.05, 3.63) is 70.7 Å². The second kappa shape index (κ2) is 9.28. The van der Waals surface area contributed by atoms with Crippen molar-refractivity contribution in [3.63, 3.8) is 0 Å². The number of aromatic nitrogens is 3. The van der Waals surface area contributed by atoms with E-state index in [-0.39, 0.29) is 11.7 Å². The Labute approximate surface area is 177 Å². The van der Waals surface area contributed by atoms with Crippen LogP contribution < -0.4 is 5.32 Å². The van der Waals surface area contributed by atoms with Gasteiger partial charge in [-0.25, -0.2) is 0 Å². The summed E-state index contributed by atoms with van der Waals surface area (Å²) in [6.07, 6.45) is 1.64. The number of benzene rings is 2. The number of carbonyl (C=O) groups is 1. The van der Waals surface area contributed by atoms with Gasteiger partial charge in [0.05, 0.1) is 16.5 Å². The Morgan fingerprint density at radius 1 is 1.25 bits per heavy atom. The van der Waals surface area contributed by atoms with Gasteiger partial charge in [-0.2, -0.15) is 0 Å². The Bertz CT molecular complexity index is 1020. The van der Waals surface area contributed by atoms with Gasteiger partial charge in [0.1, 0.15) is 0 Å². The first-order valence-corrected chi connectivity index (χ1v) is 10.2. The van der Waals surface area contributed by atoms with Crippen LogP contribution in [-0.4, -0.2) is 33.0 Å². The number of halogens is 2. The minimum absolute atomic E-state index is 0.102. The molecule has 0 radical (unpaired) electrons. The molecule has 144 valence electrons. The molecule has 1 aromatic heterocycles. The fraction of sp³-hybridized carbons (Fsp3) is 0.150. The third-order valence-electron chi connectivity index (χ3n) is 3.94. The number of rotatable bonds is 7. The number of amides is 1. The van der Waals surface area contributed by atoms with Crippen molar-refractivity contribution in [2.45, 2.75) is 12.1 Å². The summed E-state index contributed by atoms with van der Waals surface area (Å²) in [6.45, 7) is 6.03. The average molecular weight is 433 g/mol. The minimum Gasteiger partial charge on any atom is -0.352 e. The topological polar surface area (TPSA) is 59.8 Å². The third kappa shape index (κ3) is 4.58. The van der Waals surface area contributed by atoms with Gasteiger partial charge in [-0.15, -0.1) is 16.8 Å². The Hall–Kier alpha value is -2.28. The lowest BCUT2D eigenvalue weighted by molar-refractivity contribution is -0.118. The van der Waals surface area contributed by atoms with Gasteiger partial charge in [0.25, 0.3) is 0 Å². The SMILES string of the molecule is C=CCNC(=O)CSc1nnc(-c2ccc(Cl)cc2Cl)n1-c1ccccc1C. The van der Waals surface area contributed by atoms with E-state index in [1.807, 2.05) is 41.8 Å². The number of nitrogens with zero attached hydrogens (tertiary/aromatic N) is 3. The molecule has 0 aliphatic carbocycles. The van der Waals surface area contributed by atoms with Crippen molar-refractivity contribution in [1.29, 1.82) is 0 Å². The van der Waals surface area contributed by atoms with Crippen LogP contribution in [-0.2, 0) is 4.79 Å². The summed E-state index contributed by atoms with van der Waals surface area (Å²) in [7, 11) is 0. The van der Waals surface area contributed by atoms with Crippen molar-refractivity contribution in [3.8, 4) is 17.1 Å². The highest BCUT2D eigenvalue weighted by atomic mass is 35.5. The lowest BCUT2D eigenvalue weighted by Crippen LogP contribution is -2.25. The molecule has 3 aromatic rings. The fourth-order valence-corrected chi connectivity index (χ4v) is 3.88. The van der Waals surface area contributed by atoms with E-state index in [1.54, 1.807) is 18.2 Å². The number of hydrogen-bond acceptors (Lipinski definition) is 4. The molecule has 1 heterocycles. The number of thioether (sulfide) groups is 1. The summed E-state index contributed by atoms with van der Waals surface area (Å²) < 4.78 is 1.91. The van der Waals surface area contributed by atoms with Gasteiger partial charge in [0, 0.05) is 17.1 Å². The second-order valence-electron chi connectivity index (χ2n) is 5.93. The van der Waals surface area contributed by atoms with Gasteiger partial charge in [-0.05, 0) is 36.8 Å². The molecule has 5 nitrogen and oxygen atoms in total. The number of para-hydroxylation sites is 1. The minimum atomic E-state index is -0.102. The molecule has 1 amide bonds. The highest BCUT2D eigenvalue weighted by Gasteiger charge is 2.20. The van der Waals surface area contributed by atoms with E-state index in [4.69, 9.17) is 23.2 Å². The zero-order chi connectivity index (χ0) is 20.1. The Kier molecular flexibility index (Phi) is 6.78. The molecule has 8 heteroatoms. The Morgan fingerprint density at radius 2 is 2.04 bits per heavy atom. The number of hydrogen-bond donors (Lipinski definition) is 1. The van der Waals surface area contributed by atoms with Crippen LogP contribution in [0.15, 0.2) is 60.3 Å². The Balaban J connectivity index is 2.04. The fourth-order valence-electron chi connectivity index (χ4n) is 2.61. The molecule has 0 saturated heterocycles. The molecular weight excluding hydrogens is 415 g/mol. The molecule has 0 bridgehead atoms. The summed E-state index contributed by atoms with van der Waals surface area (Å²) >= 11 is 13.8. The third-order valence-corrected chi connectivity index (χ3v) is 5.41. The summed E-state index contributed by atoms with van der Waals surface area (Å²) in [5, 5.41) is 13.0. The monoisotopic (exact) mass is 432 g/mol. The van der Waals surface area contributed by atoms with Crippen LogP contribution in [0.5, 0.6) is 0 Å². The zero-order valence-corrected chi connectivity index (χ0v) is 17.5. The molecule has 0 saturated carbocycles. The first-order valence-electron chi connectivity index (χ1n) is 8.48. The number of nitrogens with one attached hydrogen (secondary N) is 1. The second-order valence-corrected chi connectivity index (χ2v) is 7.72. The molecule has 0 spiro atoms. The summed E-state index contributed by atoms with van der Waals surface area (Å²) in [4.78, 5) is 12.0. The van der Waals surface area contributed by atoms with Gasteiger partial charge < -0.3 is 5.32 Å². The molecule has 2 aromatic carbocycles. The van der Waals surface area contributed by atoms with Gasteiger partial charge in [-0.1, -0.05) is 59.2 Å². The van der Waals surface area contributed by atoms with Crippen LogP contribution in [0.25, 0.3) is 17.1 Å². The van der Waals surface area contributed by atoms with E-state index < -0.39 is 0 Å². The van der Waals surface area contributed by atoms with E-state index in [2.05, 4.69) is 22.1 Å². The van der Waals surface area contributed by atoms with Crippen LogP contribution in [0.3, 0.4) is 0 Å². The largest absolute Gasteiger partial charge is 0.352 e. The van der Waals surface area contributed by atoms with Crippen LogP contribution in [0.4, 0.5) is 0 Å². The smallest absolute Gasteiger partial charge is 0.230 e. The van der Waals surface area contributed by atoms with Crippen molar-refractivity contribution < 1.29 is 4.79 Å². The predicted octanol–water partition coefficient (Wildman–Crippen LogP) is 4.94. The van der Waals surface area contributed by atoms with Crippen molar-refractivity contribution >= 4 is 40.9 Å². The van der Waals surface area contributed by atoms with E-state index in [0.717, 1.165) is 11.3 Å². The van der Waals surface area contributed by atoms with Crippen molar-refractivity contribution in [2.24, 2.45) is 0 Å². The highest BCUT2D eigenvalue weighted by molar-refractivity contribution is 7.99. The van der Waals surface area contributed by atoms with E-state index in [1.165, 1.54) is 11.8 Å². The molecule has 0 unspecified atom stereocenters. The van der Waals surface area contributed by atoms with Gasteiger partial charge in [-0.3, -0.25) is 9.36 Å². The molecule has 0 fully saturated rings. The molecule has 1 N–H and O–H groups in total. The molecule has 0 aliphatic rings. The molecule has 28 heavy (non-hydrogen) atoms. The standard InChI is InChI=1S/C20H18Cl2N4OS/c1-3-10-23-18(27)12-28-20-25-24-19(15-9-8-14(21)11-16(15)22)26(20)17-7-5-4-6-13(17)2/h3-9,11H,1,10,12H2,2H3,(H,23,27). The van der Waals surface area contributed by atoms with Crippen molar-refractivity contribution in [1.82, 2.24) is 20.1 Å².